The van der Waals surface area contributed by atoms with Crippen molar-refractivity contribution in [3.05, 3.63) is 81.9 Å². The van der Waals surface area contributed by atoms with E-state index in [0.717, 1.165) is 16.0 Å². The summed E-state index contributed by atoms with van der Waals surface area (Å²) >= 11 is 0. The van der Waals surface area contributed by atoms with Crippen LogP contribution < -0.4 is 10.9 Å². The maximum absolute atomic E-state index is 12.7. The molecule has 0 saturated carbocycles. The van der Waals surface area contributed by atoms with Crippen molar-refractivity contribution in [1.29, 1.82) is 0 Å². The quantitative estimate of drug-likeness (QED) is 0.716. The second kappa shape index (κ2) is 6.68. The van der Waals surface area contributed by atoms with Gasteiger partial charge in [0.1, 0.15) is 11.7 Å². The molecule has 7 heteroatoms. The lowest BCUT2D eigenvalue weighted by Crippen LogP contribution is -2.32. The Morgan fingerprint density at radius 2 is 1.85 bits per heavy atom. The summed E-state index contributed by atoms with van der Waals surface area (Å²) in [7, 11) is 0. The summed E-state index contributed by atoms with van der Waals surface area (Å²) in [6, 6.07) is 13.4. The van der Waals surface area contributed by atoms with Crippen LogP contribution in [0.15, 0.2) is 59.5 Å². The van der Waals surface area contributed by atoms with Crippen LogP contribution >= 0.6 is 0 Å². The third-order valence-electron chi connectivity index (χ3n) is 4.59. The van der Waals surface area contributed by atoms with Crippen LogP contribution in [0.4, 0.5) is 4.79 Å². The molecule has 3 heterocycles. The minimum absolute atomic E-state index is 0.0321. The fraction of sp³-hybridized carbons (Fsp3) is 0.200. The Labute approximate surface area is 155 Å². The lowest BCUT2D eigenvalue weighted by Gasteiger charge is -2.13. The van der Waals surface area contributed by atoms with E-state index in [1.807, 2.05) is 43.3 Å². The van der Waals surface area contributed by atoms with Gasteiger partial charge in [-0.1, -0.05) is 30.3 Å². The molecule has 3 aromatic rings. The van der Waals surface area contributed by atoms with Crippen LogP contribution in [0.5, 0.6) is 0 Å². The number of aryl methyl sites for hydroxylation is 1. The minimum Gasteiger partial charge on any atom is -0.325 e. The highest BCUT2D eigenvalue weighted by Crippen LogP contribution is 2.15. The van der Waals surface area contributed by atoms with Gasteiger partial charge < -0.3 is 5.32 Å². The number of urea groups is 1. The SMILES string of the molecule is Cc1ccn2c(=O)cc(CN3C(=O)N[C@H](Cc4ccccc4)C3=O)nc2c1. The van der Waals surface area contributed by atoms with Crippen LogP contribution in [-0.2, 0) is 17.8 Å². The number of nitrogens with one attached hydrogen (secondary N) is 1. The molecule has 7 nitrogen and oxygen atoms in total. The molecule has 1 saturated heterocycles. The second-order valence-corrected chi connectivity index (χ2v) is 6.63. The maximum atomic E-state index is 12.7. The monoisotopic (exact) mass is 362 g/mol. The smallest absolute Gasteiger partial charge is 0.325 e. The highest BCUT2D eigenvalue weighted by Gasteiger charge is 2.38. The second-order valence-electron chi connectivity index (χ2n) is 6.63. The van der Waals surface area contributed by atoms with E-state index in [0.29, 0.717) is 17.8 Å². The molecule has 1 atom stereocenters. The van der Waals surface area contributed by atoms with Gasteiger partial charge >= 0.3 is 6.03 Å². The molecule has 0 spiro atoms. The van der Waals surface area contributed by atoms with Crippen molar-refractivity contribution in [1.82, 2.24) is 19.6 Å². The number of carbonyl (C=O) groups excluding carboxylic acids is 2. The third kappa shape index (κ3) is 3.31. The molecular weight excluding hydrogens is 344 g/mol. The Bertz CT molecular complexity index is 1090. The lowest BCUT2D eigenvalue weighted by molar-refractivity contribution is -0.127. The van der Waals surface area contributed by atoms with Gasteiger partial charge in [0.15, 0.2) is 0 Å². The zero-order valence-corrected chi connectivity index (χ0v) is 14.8. The van der Waals surface area contributed by atoms with Crippen molar-refractivity contribution in [2.24, 2.45) is 0 Å². The number of rotatable bonds is 4. The number of benzene rings is 1. The lowest BCUT2D eigenvalue weighted by atomic mass is 10.1. The number of imide groups is 1. The van der Waals surface area contributed by atoms with E-state index >= 15 is 0 Å². The summed E-state index contributed by atoms with van der Waals surface area (Å²) in [6.07, 6.45) is 2.09. The molecule has 27 heavy (non-hydrogen) atoms. The van der Waals surface area contributed by atoms with E-state index < -0.39 is 12.1 Å². The number of hydrogen-bond acceptors (Lipinski definition) is 4. The molecule has 1 fully saturated rings. The van der Waals surface area contributed by atoms with E-state index in [4.69, 9.17) is 0 Å². The predicted molar refractivity (Wildman–Crippen MR) is 99.2 cm³/mol. The Morgan fingerprint density at radius 3 is 2.63 bits per heavy atom. The zero-order valence-electron chi connectivity index (χ0n) is 14.8. The molecule has 136 valence electrons. The first-order valence-electron chi connectivity index (χ1n) is 8.66. The number of hydrogen-bond donors (Lipinski definition) is 1. The maximum Gasteiger partial charge on any atom is 0.325 e. The Balaban J connectivity index is 1.57. The summed E-state index contributed by atoms with van der Waals surface area (Å²) in [4.78, 5) is 42.7. The van der Waals surface area contributed by atoms with Crippen molar-refractivity contribution >= 4 is 17.6 Å². The van der Waals surface area contributed by atoms with Crippen molar-refractivity contribution in [2.45, 2.75) is 25.9 Å². The van der Waals surface area contributed by atoms with Gasteiger partial charge in [0.2, 0.25) is 0 Å². The van der Waals surface area contributed by atoms with Gasteiger partial charge in [-0.2, -0.15) is 0 Å². The van der Waals surface area contributed by atoms with Crippen LogP contribution in [-0.4, -0.2) is 32.3 Å². The van der Waals surface area contributed by atoms with Gasteiger partial charge in [0, 0.05) is 18.7 Å². The van der Waals surface area contributed by atoms with E-state index in [2.05, 4.69) is 10.3 Å². The number of nitrogens with zero attached hydrogens (tertiary/aromatic N) is 3. The number of aromatic nitrogens is 2. The van der Waals surface area contributed by atoms with Crippen molar-refractivity contribution in [3.8, 4) is 0 Å². The summed E-state index contributed by atoms with van der Waals surface area (Å²) in [6.45, 7) is 1.88. The molecular formula is C20H18N4O3. The average Bonchev–Trinajstić information content (AvgIpc) is 2.89. The zero-order chi connectivity index (χ0) is 19.0. The van der Waals surface area contributed by atoms with Crippen molar-refractivity contribution in [2.75, 3.05) is 0 Å². The van der Waals surface area contributed by atoms with E-state index in [9.17, 15) is 14.4 Å². The molecule has 0 bridgehead atoms. The van der Waals surface area contributed by atoms with Gasteiger partial charge in [0.25, 0.3) is 11.5 Å². The number of amides is 3. The molecule has 0 aliphatic carbocycles. The number of pyridine rings is 1. The fourth-order valence-electron chi connectivity index (χ4n) is 3.21. The first-order chi connectivity index (χ1) is 13.0. The molecule has 2 aromatic heterocycles. The van der Waals surface area contributed by atoms with Crippen LogP contribution in [0, 0.1) is 6.92 Å². The van der Waals surface area contributed by atoms with Gasteiger partial charge in [-0.3, -0.25) is 18.9 Å². The largest absolute Gasteiger partial charge is 0.325 e. The fourth-order valence-corrected chi connectivity index (χ4v) is 3.21. The van der Waals surface area contributed by atoms with E-state index in [1.165, 1.54) is 10.5 Å². The number of fused-ring (bicyclic) bond motifs is 1. The van der Waals surface area contributed by atoms with E-state index in [-0.39, 0.29) is 18.0 Å². The molecule has 0 radical (unpaired) electrons. The summed E-state index contributed by atoms with van der Waals surface area (Å²) < 4.78 is 1.43. The van der Waals surface area contributed by atoms with Crippen LogP contribution in [0.2, 0.25) is 0 Å². The van der Waals surface area contributed by atoms with Crippen LogP contribution in [0.3, 0.4) is 0 Å². The average molecular weight is 362 g/mol. The summed E-state index contributed by atoms with van der Waals surface area (Å²) in [5, 5.41) is 2.71. The number of carbonyl (C=O) groups is 2. The highest BCUT2D eigenvalue weighted by molar-refractivity contribution is 6.04. The first kappa shape index (κ1) is 17.0. The predicted octanol–water partition coefficient (Wildman–Crippen LogP) is 1.67. The molecule has 1 aromatic carbocycles. The Morgan fingerprint density at radius 1 is 1.07 bits per heavy atom. The Kier molecular flexibility index (Phi) is 4.19. The highest BCUT2D eigenvalue weighted by atomic mass is 16.2. The van der Waals surface area contributed by atoms with Gasteiger partial charge in [-0.05, 0) is 30.2 Å². The molecule has 4 rings (SSSR count). The van der Waals surface area contributed by atoms with E-state index in [1.54, 1.807) is 12.3 Å². The molecule has 1 aliphatic rings. The van der Waals surface area contributed by atoms with Crippen molar-refractivity contribution < 1.29 is 9.59 Å². The Hall–Kier alpha value is -3.48. The van der Waals surface area contributed by atoms with Crippen LogP contribution in [0.25, 0.3) is 5.65 Å². The normalized spacial score (nSPS) is 16.8. The van der Waals surface area contributed by atoms with Gasteiger partial charge in [-0.15, -0.1) is 0 Å². The molecule has 3 amide bonds. The van der Waals surface area contributed by atoms with Gasteiger partial charge in [0.05, 0.1) is 12.2 Å². The topological polar surface area (TPSA) is 83.8 Å². The molecule has 1 N–H and O–H groups in total. The van der Waals surface area contributed by atoms with Gasteiger partial charge in [-0.25, -0.2) is 9.78 Å². The summed E-state index contributed by atoms with van der Waals surface area (Å²) in [5.74, 6) is -0.310. The first-order valence-corrected chi connectivity index (χ1v) is 8.66. The standard InChI is InChI=1S/C20H18N4O3/c1-13-7-8-23-17(9-13)21-15(11-18(23)25)12-24-19(26)16(22-20(24)27)10-14-5-3-2-4-6-14/h2-9,11,16H,10,12H2,1H3,(H,22,27)/t16-/m1/s1. The molecule has 1 aliphatic heterocycles. The van der Waals surface area contributed by atoms with Crippen LogP contribution in [0.1, 0.15) is 16.8 Å². The third-order valence-corrected chi connectivity index (χ3v) is 4.59. The minimum atomic E-state index is -0.608. The van der Waals surface area contributed by atoms with Crippen molar-refractivity contribution in [3.63, 3.8) is 0 Å². The summed E-state index contributed by atoms with van der Waals surface area (Å²) in [5.41, 5.74) is 2.57. The molecule has 0 unspecified atom stereocenters.